The van der Waals surface area contributed by atoms with Crippen molar-refractivity contribution in [2.24, 2.45) is 0 Å². The number of rotatable bonds is 3. The van der Waals surface area contributed by atoms with Gasteiger partial charge >= 0.3 is 0 Å². The topological polar surface area (TPSA) is 62.1 Å². The van der Waals surface area contributed by atoms with E-state index in [1.54, 1.807) is 30.6 Å². The zero-order valence-electron chi connectivity index (χ0n) is 15.3. The van der Waals surface area contributed by atoms with E-state index >= 15 is 0 Å². The average Bonchev–Trinajstić information content (AvgIpc) is 2.71. The van der Waals surface area contributed by atoms with Crippen LogP contribution < -0.4 is 4.90 Å². The van der Waals surface area contributed by atoms with Crippen molar-refractivity contribution in [1.82, 2.24) is 15.0 Å². The zero-order valence-corrected chi connectivity index (χ0v) is 15.3. The van der Waals surface area contributed by atoms with Crippen molar-refractivity contribution < 1.29 is 13.9 Å². The molecule has 1 N–H and O–H groups in total. The van der Waals surface area contributed by atoms with Gasteiger partial charge in [0.1, 0.15) is 17.5 Å². The number of pyridine rings is 1. The van der Waals surface area contributed by atoms with Crippen molar-refractivity contribution in [3.63, 3.8) is 0 Å². The number of aromatic nitrogens is 3. The molecule has 144 valence electrons. The highest BCUT2D eigenvalue weighted by molar-refractivity contribution is 5.94. The van der Waals surface area contributed by atoms with Crippen LogP contribution in [0.4, 0.5) is 14.6 Å². The molecule has 5 nitrogen and oxygen atoms in total. The molecule has 2 aromatic carbocycles. The summed E-state index contributed by atoms with van der Waals surface area (Å²) in [6.07, 6.45) is 2.97. The Hall–Kier alpha value is -3.45. The monoisotopic (exact) mass is 390 g/mol. The minimum absolute atomic E-state index is 0.305. The number of hydrogen-bond acceptors (Lipinski definition) is 5. The lowest BCUT2D eigenvalue weighted by Crippen LogP contribution is -2.51. The van der Waals surface area contributed by atoms with Crippen LogP contribution in [-0.4, -0.2) is 39.3 Å². The molecule has 0 aliphatic carbocycles. The van der Waals surface area contributed by atoms with Crippen LogP contribution in [0, 0.1) is 11.6 Å². The maximum absolute atomic E-state index is 14.3. The number of aliphatic hydroxyl groups is 1. The first-order valence-electron chi connectivity index (χ1n) is 9.19. The van der Waals surface area contributed by atoms with E-state index in [1.165, 1.54) is 12.1 Å². The molecule has 5 rings (SSSR count). The first-order chi connectivity index (χ1) is 14.1. The van der Waals surface area contributed by atoms with E-state index in [2.05, 4.69) is 9.97 Å². The molecule has 0 saturated carbocycles. The van der Waals surface area contributed by atoms with Crippen LogP contribution in [0.25, 0.3) is 33.4 Å². The third kappa shape index (κ3) is 3.19. The molecule has 2 aromatic heterocycles. The van der Waals surface area contributed by atoms with Crippen molar-refractivity contribution in [3.8, 4) is 22.5 Å². The molecule has 3 heterocycles. The fraction of sp³-hybridized carbons (Fsp3) is 0.136. The number of fused-ring (bicyclic) bond motifs is 1. The predicted octanol–water partition coefficient (Wildman–Crippen LogP) is 3.82. The Morgan fingerprint density at radius 3 is 2.55 bits per heavy atom. The Bertz CT molecular complexity index is 1210. The summed E-state index contributed by atoms with van der Waals surface area (Å²) in [5.74, 6) is -0.0452. The molecule has 0 atom stereocenters. The molecular weight excluding hydrogens is 374 g/mol. The van der Waals surface area contributed by atoms with Crippen molar-refractivity contribution in [2.75, 3.05) is 18.0 Å². The van der Waals surface area contributed by atoms with Gasteiger partial charge in [-0.15, -0.1) is 0 Å². The first kappa shape index (κ1) is 17.6. The van der Waals surface area contributed by atoms with Gasteiger partial charge in [-0.1, -0.05) is 6.07 Å². The van der Waals surface area contributed by atoms with Gasteiger partial charge in [0.25, 0.3) is 0 Å². The minimum Gasteiger partial charge on any atom is -0.389 e. The minimum atomic E-state index is -0.627. The SMILES string of the molecule is OC1CN(c2nc(-c3cccnc3)nc3ccc(-c4ccc(F)cc4F)cc23)C1. The Balaban J connectivity index is 1.69. The molecule has 0 bridgehead atoms. The maximum atomic E-state index is 14.3. The summed E-state index contributed by atoms with van der Waals surface area (Å²) in [4.78, 5) is 15.4. The van der Waals surface area contributed by atoms with E-state index in [-0.39, 0.29) is 0 Å². The summed E-state index contributed by atoms with van der Waals surface area (Å²) in [7, 11) is 0. The number of hydrogen-bond donors (Lipinski definition) is 1. The van der Waals surface area contributed by atoms with Gasteiger partial charge in [0.2, 0.25) is 0 Å². The third-order valence-corrected chi connectivity index (χ3v) is 5.00. The van der Waals surface area contributed by atoms with Gasteiger partial charge in [-0.2, -0.15) is 0 Å². The number of benzene rings is 2. The first-order valence-corrected chi connectivity index (χ1v) is 9.19. The van der Waals surface area contributed by atoms with Gasteiger partial charge in [0.05, 0.1) is 11.6 Å². The second-order valence-corrected chi connectivity index (χ2v) is 7.03. The Labute approximate surface area is 165 Å². The smallest absolute Gasteiger partial charge is 0.163 e. The molecule has 0 unspecified atom stereocenters. The van der Waals surface area contributed by atoms with E-state index < -0.39 is 17.7 Å². The van der Waals surface area contributed by atoms with E-state index in [0.717, 1.165) is 17.0 Å². The molecule has 1 aliphatic heterocycles. The number of nitrogens with zero attached hydrogens (tertiary/aromatic N) is 4. The Morgan fingerprint density at radius 2 is 1.83 bits per heavy atom. The summed E-state index contributed by atoms with van der Waals surface area (Å²) in [6.45, 7) is 0.932. The quantitative estimate of drug-likeness (QED) is 0.576. The van der Waals surface area contributed by atoms with E-state index in [0.29, 0.717) is 41.4 Å². The summed E-state index contributed by atoms with van der Waals surface area (Å²) in [6, 6.07) is 12.6. The highest BCUT2D eigenvalue weighted by Crippen LogP contribution is 2.34. The van der Waals surface area contributed by atoms with Crippen molar-refractivity contribution >= 4 is 16.7 Å². The fourth-order valence-corrected chi connectivity index (χ4v) is 3.50. The molecule has 0 spiro atoms. The lowest BCUT2D eigenvalue weighted by atomic mass is 10.0. The Morgan fingerprint density at radius 1 is 0.966 bits per heavy atom. The molecule has 4 aromatic rings. The van der Waals surface area contributed by atoms with E-state index in [1.807, 2.05) is 17.0 Å². The third-order valence-electron chi connectivity index (χ3n) is 5.00. The van der Waals surface area contributed by atoms with Gasteiger partial charge in [0, 0.05) is 48.1 Å². The second-order valence-electron chi connectivity index (χ2n) is 7.03. The van der Waals surface area contributed by atoms with E-state index in [9.17, 15) is 13.9 Å². The summed E-state index contributed by atoms with van der Waals surface area (Å²) in [5, 5.41) is 10.5. The summed E-state index contributed by atoms with van der Waals surface area (Å²) in [5.41, 5.74) is 2.39. The molecule has 0 radical (unpaired) electrons. The van der Waals surface area contributed by atoms with Crippen LogP contribution in [0.1, 0.15) is 0 Å². The summed E-state index contributed by atoms with van der Waals surface area (Å²) < 4.78 is 27.6. The lowest BCUT2D eigenvalue weighted by Gasteiger charge is -2.37. The highest BCUT2D eigenvalue weighted by atomic mass is 19.1. The molecule has 0 amide bonds. The van der Waals surface area contributed by atoms with Crippen LogP contribution in [0.5, 0.6) is 0 Å². The van der Waals surface area contributed by atoms with Crippen LogP contribution in [0.3, 0.4) is 0 Å². The second kappa shape index (κ2) is 6.86. The van der Waals surface area contributed by atoms with Gasteiger partial charge in [-0.05, 0) is 42.0 Å². The van der Waals surface area contributed by atoms with Crippen molar-refractivity contribution in [1.29, 1.82) is 0 Å². The molecular formula is C22H16F2N4O. The number of halogens is 2. The largest absolute Gasteiger partial charge is 0.389 e. The van der Waals surface area contributed by atoms with Crippen LogP contribution in [0.15, 0.2) is 60.9 Å². The lowest BCUT2D eigenvalue weighted by molar-refractivity contribution is 0.141. The van der Waals surface area contributed by atoms with Gasteiger partial charge in [-0.3, -0.25) is 4.98 Å². The summed E-state index contributed by atoms with van der Waals surface area (Å²) >= 11 is 0. The van der Waals surface area contributed by atoms with Crippen LogP contribution in [-0.2, 0) is 0 Å². The van der Waals surface area contributed by atoms with Gasteiger partial charge in [-0.25, -0.2) is 18.7 Å². The number of aliphatic hydroxyl groups excluding tert-OH is 1. The molecule has 29 heavy (non-hydrogen) atoms. The predicted molar refractivity (Wildman–Crippen MR) is 106 cm³/mol. The fourth-order valence-electron chi connectivity index (χ4n) is 3.50. The molecule has 1 saturated heterocycles. The van der Waals surface area contributed by atoms with Crippen molar-refractivity contribution in [2.45, 2.75) is 6.10 Å². The molecule has 7 heteroatoms. The number of β-amino-alcohol motifs (C(OH)–C–C–N with tert-alkyl or cyclic N) is 1. The van der Waals surface area contributed by atoms with Crippen LogP contribution in [0.2, 0.25) is 0 Å². The Kier molecular flexibility index (Phi) is 4.17. The highest BCUT2D eigenvalue weighted by Gasteiger charge is 2.28. The van der Waals surface area contributed by atoms with Gasteiger partial charge in [0.15, 0.2) is 5.82 Å². The van der Waals surface area contributed by atoms with Gasteiger partial charge < -0.3 is 10.0 Å². The molecule has 1 aliphatic rings. The molecule has 1 fully saturated rings. The number of anilines is 1. The van der Waals surface area contributed by atoms with Crippen molar-refractivity contribution in [3.05, 3.63) is 72.6 Å². The average molecular weight is 390 g/mol. The normalized spacial score (nSPS) is 14.2. The maximum Gasteiger partial charge on any atom is 0.163 e. The zero-order chi connectivity index (χ0) is 20.0. The van der Waals surface area contributed by atoms with Crippen LogP contribution >= 0.6 is 0 Å². The standard InChI is InChI=1S/C22H16F2N4O/c23-15-4-5-17(19(24)9-15)13-3-6-20-18(8-13)22(28-11-16(29)12-28)27-21(26-20)14-2-1-7-25-10-14/h1-10,16,29H,11-12H2. The van der Waals surface area contributed by atoms with E-state index in [4.69, 9.17) is 4.98 Å².